The molecule has 0 radical (unpaired) electrons. The second-order valence-electron chi connectivity index (χ2n) is 10.8. The van der Waals surface area contributed by atoms with Gasteiger partial charge in [0.15, 0.2) is 0 Å². The molecule has 0 aromatic carbocycles. The van der Waals surface area contributed by atoms with Crippen molar-refractivity contribution >= 4 is 11.8 Å². The second kappa shape index (κ2) is 7.41. The van der Waals surface area contributed by atoms with E-state index < -0.39 is 0 Å². The van der Waals surface area contributed by atoms with Gasteiger partial charge in [-0.2, -0.15) is 0 Å². The zero-order valence-electron chi connectivity index (χ0n) is 17.9. The van der Waals surface area contributed by atoms with Crippen LogP contribution in [-0.2, 0) is 14.3 Å². The van der Waals surface area contributed by atoms with E-state index in [4.69, 9.17) is 4.74 Å². The zero-order chi connectivity index (χ0) is 20.1. The predicted octanol–water partition coefficient (Wildman–Crippen LogP) is 4.53. The van der Waals surface area contributed by atoms with Crippen LogP contribution in [0.15, 0.2) is 0 Å². The third-order valence-corrected chi connectivity index (χ3v) is 9.80. The van der Waals surface area contributed by atoms with Crippen molar-refractivity contribution in [2.75, 3.05) is 7.11 Å². The first kappa shape index (κ1) is 20.4. The van der Waals surface area contributed by atoms with E-state index in [2.05, 4.69) is 13.8 Å². The highest BCUT2D eigenvalue weighted by Gasteiger charge is 2.62. The van der Waals surface area contributed by atoms with Gasteiger partial charge in [-0.3, -0.25) is 9.59 Å². The van der Waals surface area contributed by atoms with Crippen molar-refractivity contribution in [2.24, 2.45) is 40.4 Å². The molecule has 0 bridgehead atoms. The van der Waals surface area contributed by atoms with Gasteiger partial charge in [0.25, 0.3) is 0 Å². The fourth-order valence-electron chi connectivity index (χ4n) is 8.09. The molecule has 0 heterocycles. The lowest BCUT2D eigenvalue weighted by molar-refractivity contribution is -0.160. The Morgan fingerprint density at radius 3 is 2.57 bits per heavy atom. The first-order valence-corrected chi connectivity index (χ1v) is 11.6. The number of methoxy groups -OCH3 is 1. The van der Waals surface area contributed by atoms with Crippen molar-refractivity contribution in [1.29, 1.82) is 0 Å². The number of Topliss-reactive ketones (excluding diaryl/α,β-unsaturated/α-hetero) is 1. The summed E-state index contributed by atoms with van der Waals surface area (Å²) in [5.41, 5.74) is 0.492. The summed E-state index contributed by atoms with van der Waals surface area (Å²) in [7, 11) is 1.46. The molecule has 1 N–H and O–H groups in total. The van der Waals surface area contributed by atoms with Crippen LogP contribution in [0.1, 0.15) is 84.5 Å². The molecule has 0 saturated heterocycles. The highest BCUT2D eigenvalue weighted by atomic mass is 16.5. The van der Waals surface area contributed by atoms with Crippen LogP contribution in [0.4, 0.5) is 0 Å². The van der Waals surface area contributed by atoms with Gasteiger partial charge in [-0.25, -0.2) is 0 Å². The van der Waals surface area contributed by atoms with Crippen LogP contribution in [0.25, 0.3) is 0 Å². The van der Waals surface area contributed by atoms with Crippen molar-refractivity contribution in [3.05, 3.63) is 0 Å². The lowest BCUT2D eigenvalue weighted by atomic mass is 9.44. The number of aliphatic hydroxyl groups is 1. The summed E-state index contributed by atoms with van der Waals surface area (Å²) in [6.45, 7) is 4.87. The van der Waals surface area contributed by atoms with Gasteiger partial charge in [-0.1, -0.05) is 13.8 Å². The molecule has 4 fully saturated rings. The molecule has 4 saturated carbocycles. The fourth-order valence-corrected chi connectivity index (χ4v) is 8.09. The zero-order valence-corrected chi connectivity index (χ0v) is 17.9. The molecule has 4 rings (SSSR count). The maximum atomic E-state index is 13.3. The van der Waals surface area contributed by atoms with E-state index in [1.165, 1.54) is 32.8 Å². The maximum absolute atomic E-state index is 13.3. The molecule has 0 aromatic heterocycles. The average molecular weight is 391 g/mol. The Kier molecular flexibility index (Phi) is 5.39. The number of fused-ring (bicyclic) bond motifs is 5. The first-order valence-electron chi connectivity index (χ1n) is 11.6. The van der Waals surface area contributed by atoms with Crippen molar-refractivity contribution in [2.45, 2.75) is 90.6 Å². The van der Waals surface area contributed by atoms with Crippen molar-refractivity contribution in [1.82, 2.24) is 0 Å². The normalized spacial score (nSPS) is 47.8. The van der Waals surface area contributed by atoms with Gasteiger partial charge in [-0.15, -0.1) is 0 Å². The molecule has 4 nitrogen and oxygen atoms in total. The molecule has 0 amide bonds. The third kappa shape index (κ3) is 3.14. The lowest BCUT2D eigenvalue weighted by Gasteiger charge is -2.60. The van der Waals surface area contributed by atoms with Crippen LogP contribution in [0, 0.1) is 40.4 Å². The smallest absolute Gasteiger partial charge is 0.305 e. The average Bonchev–Trinajstić information content (AvgIpc) is 2.99. The summed E-state index contributed by atoms with van der Waals surface area (Å²) in [5, 5.41) is 10.2. The molecule has 8 atom stereocenters. The Bertz CT molecular complexity index is 630. The molecular formula is C24H38O4. The number of hydrogen-bond donors (Lipinski definition) is 1. The van der Waals surface area contributed by atoms with E-state index in [0.29, 0.717) is 42.3 Å². The Labute approximate surface area is 169 Å². The fraction of sp³-hybridized carbons (Fsp3) is 0.917. The Morgan fingerprint density at radius 2 is 1.82 bits per heavy atom. The van der Waals surface area contributed by atoms with Crippen LogP contribution in [0.2, 0.25) is 0 Å². The SMILES string of the molecule is COC(=O)CCCC1CCC2C3C(=O)CC4C[C@@H](O)CCC4(C)C3CCC12C. The van der Waals surface area contributed by atoms with Crippen molar-refractivity contribution in [3.63, 3.8) is 0 Å². The van der Waals surface area contributed by atoms with Crippen molar-refractivity contribution < 1.29 is 19.4 Å². The predicted molar refractivity (Wildman–Crippen MR) is 107 cm³/mol. The molecule has 28 heavy (non-hydrogen) atoms. The Morgan fingerprint density at radius 1 is 1.11 bits per heavy atom. The van der Waals surface area contributed by atoms with E-state index >= 15 is 0 Å². The Balaban J connectivity index is 1.50. The van der Waals surface area contributed by atoms with Crippen LogP contribution in [-0.4, -0.2) is 30.1 Å². The van der Waals surface area contributed by atoms with E-state index in [9.17, 15) is 14.7 Å². The highest BCUT2D eigenvalue weighted by molar-refractivity contribution is 5.83. The highest BCUT2D eigenvalue weighted by Crippen LogP contribution is 2.67. The molecule has 0 spiro atoms. The minimum Gasteiger partial charge on any atom is -0.469 e. The number of rotatable bonds is 4. The molecule has 7 unspecified atom stereocenters. The number of esters is 1. The number of aliphatic hydroxyl groups excluding tert-OH is 1. The molecule has 158 valence electrons. The maximum Gasteiger partial charge on any atom is 0.305 e. The van der Waals surface area contributed by atoms with Gasteiger partial charge >= 0.3 is 5.97 Å². The minimum absolute atomic E-state index is 0.107. The molecule has 4 heteroatoms. The van der Waals surface area contributed by atoms with Crippen LogP contribution >= 0.6 is 0 Å². The van der Waals surface area contributed by atoms with Gasteiger partial charge in [0.1, 0.15) is 5.78 Å². The minimum atomic E-state index is -0.207. The molecule has 4 aliphatic rings. The number of ketones is 1. The summed E-state index contributed by atoms with van der Waals surface area (Å²) >= 11 is 0. The van der Waals surface area contributed by atoms with E-state index in [-0.39, 0.29) is 28.8 Å². The molecule has 0 aliphatic heterocycles. The van der Waals surface area contributed by atoms with E-state index in [0.717, 1.165) is 32.1 Å². The van der Waals surface area contributed by atoms with Crippen LogP contribution in [0.3, 0.4) is 0 Å². The summed E-state index contributed by atoms with van der Waals surface area (Å²) < 4.78 is 4.80. The largest absolute Gasteiger partial charge is 0.469 e. The van der Waals surface area contributed by atoms with E-state index in [1.807, 2.05) is 0 Å². The quantitative estimate of drug-likeness (QED) is 0.717. The molecule has 4 aliphatic carbocycles. The van der Waals surface area contributed by atoms with Crippen molar-refractivity contribution in [3.8, 4) is 0 Å². The van der Waals surface area contributed by atoms with Crippen LogP contribution < -0.4 is 0 Å². The first-order chi connectivity index (χ1) is 13.3. The van der Waals surface area contributed by atoms with Gasteiger partial charge in [0, 0.05) is 18.8 Å². The number of ether oxygens (including phenoxy) is 1. The third-order valence-electron chi connectivity index (χ3n) is 9.80. The van der Waals surface area contributed by atoms with E-state index in [1.54, 1.807) is 0 Å². The number of carbonyl (C=O) groups is 2. The van der Waals surface area contributed by atoms with Gasteiger partial charge in [-0.05, 0) is 92.3 Å². The Hall–Kier alpha value is -0.900. The van der Waals surface area contributed by atoms with Gasteiger partial charge in [0.05, 0.1) is 13.2 Å². The summed E-state index contributed by atoms with van der Waals surface area (Å²) in [6, 6.07) is 0. The van der Waals surface area contributed by atoms with Crippen LogP contribution in [0.5, 0.6) is 0 Å². The lowest BCUT2D eigenvalue weighted by Crippen LogP contribution is -2.57. The summed E-state index contributed by atoms with van der Waals surface area (Å²) in [4.78, 5) is 24.8. The molecular weight excluding hydrogens is 352 g/mol. The second-order valence-corrected chi connectivity index (χ2v) is 10.8. The summed E-state index contributed by atoms with van der Waals surface area (Å²) in [6.07, 6.45) is 10.6. The topological polar surface area (TPSA) is 63.6 Å². The number of carbonyl (C=O) groups excluding carboxylic acids is 2. The monoisotopic (exact) mass is 390 g/mol. The standard InChI is InChI=1S/C24H38O4/c1-23-12-10-19-22(18(23)8-7-15(23)5-4-6-21(27)28-3)20(26)14-16-13-17(25)9-11-24(16,19)2/h15-19,22,25H,4-14H2,1-3H3/t15?,16?,17-,18?,19?,22?,23?,24?/m0/s1. The van der Waals surface area contributed by atoms with Gasteiger partial charge < -0.3 is 9.84 Å². The summed E-state index contributed by atoms with van der Waals surface area (Å²) in [5.74, 6) is 2.67. The van der Waals surface area contributed by atoms with Gasteiger partial charge in [0.2, 0.25) is 0 Å². The number of hydrogen-bond acceptors (Lipinski definition) is 4. The molecule has 0 aromatic rings.